The molecule has 7 heavy (non-hydrogen) atoms. The molecule has 0 aliphatic carbocycles. The SMILES string of the molecule is [B]OP(C)(=O)O[B]. The maximum absolute atomic E-state index is 10.3. The summed E-state index contributed by atoms with van der Waals surface area (Å²) in [5, 5.41) is 0. The lowest BCUT2D eigenvalue weighted by Gasteiger charge is -2.06. The predicted octanol–water partition coefficient (Wildman–Crippen LogP) is 0.00950. The molecule has 0 spiro atoms. The minimum atomic E-state index is -3.10. The summed E-state index contributed by atoms with van der Waals surface area (Å²) in [4.78, 5) is 0. The van der Waals surface area contributed by atoms with Gasteiger partial charge in [0.05, 0.1) is 0 Å². The zero-order chi connectivity index (χ0) is 5.91. The molecule has 0 atom stereocenters. The van der Waals surface area contributed by atoms with Crippen LogP contribution in [0.5, 0.6) is 0 Å². The third-order valence-electron chi connectivity index (χ3n) is 0.383. The Labute approximate surface area is 44.8 Å². The molecule has 0 saturated carbocycles. The van der Waals surface area contributed by atoms with Crippen LogP contribution < -0.4 is 0 Å². The van der Waals surface area contributed by atoms with Crippen molar-refractivity contribution in [2.45, 2.75) is 0 Å². The molecule has 0 aliphatic rings. The van der Waals surface area contributed by atoms with E-state index >= 15 is 0 Å². The quantitative estimate of drug-likeness (QED) is 0.376. The minimum absolute atomic E-state index is 1.16. The Bertz CT molecular complexity index is 84.9. The standard InChI is InChI=1S/CH3B2O3P/c1-7(4,5-2)6-3/h1H3. The summed E-state index contributed by atoms with van der Waals surface area (Å²) in [6, 6.07) is 0. The fraction of sp³-hybridized carbons (Fsp3) is 1.00. The maximum atomic E-state index is 10.3. The Balaban J connectivity index is 3.61. The van der Waals surface area contributed by atoms with Crippen LogP contribution >= 0.6 is 7.60 Å². The van der Waals surface area contributed by atoms with Crippen molar-refractivity contribution in [2.75, 3.05) is 6.66 Å². The second kappa shape index (κ2) is 2.55. The summed E-state index contributed by atoms with van der Waals surface area (Å²) < 4.78 is 17.8. The van der Waals surface area contributed by atoms with Gasteiger partial charge in [0.25, 0.3) is 23.7 Å². The van der Waals surface area contributed by atoms with Crippen molar-refractivity contribution in [3.63, 3.8) is 0 Å². The van der Waals surface area contributed by atoms with E-state index in [-0.39, 0.29) is 0 Å². The van der Waals surface area contributed by atoms with Crippen LogP contribution in [0, 0.1) is 0 Å². The summed E-state index contributed by atoms with van der Waals surface area (Å²) in [5.41, 5.74) is 0. The molecule has 0 heterocycles. The van der Waals surface area contributed by atoms with Crippen LogP contribution in [0.15, 0.2) is 0 Å². The van der Waals surface area contributed by atoms with Crippen LogP contribution in [0.25, 0.3) is 0 Å². The molecule has 3 nitrogen and oxygen atoms in total. The average molecular weight is 116 g/mol. The van der Waals surface area contributed by atoms with E-state index in [4.69, 9.17) is 0 Å². The molecule has 0 unspecified atom stereocenters. The molecule has 6 heteroatoms. The summed E-state index contributed by atoms with van der Waals surface area (Å²) in [6.07, 6.45) is 0. The third kappa shape index (κ3) is 2.92. The van der Waals surface area contributed by atoms with Gasteiger partial charge < -0.3 is 8.88 Å². The molecule has 0 bridgehead atoms. The van der Waals surface area contributed by atoms with E-state index in [1.165, 1.54) is 0 Å². The Morgan fingerprint density at radius 2 is 1.71 bits per heavy atom. The molecule has 0 amide bonds. The van der Waals surface area contributed by atoms with Crippen LogP contribution in [0.4, 0.5) is 0 Å². The fourth-order valence-electron chi connectivity index (χ4n) is 0.0248. The molecule has 0 aromatic rings. The molecule has 0 rings (SSSR count). The number of rotatable bonds is 2. The van der Waals surface area contributed by atoms with E-state index in [0.29, 0.717) is 0 Å². The molecule has 36 valence electrons. The summed E-state index contributed by atoms with van der Waals surface area (Å²) in [7, 11) is 5.80. The van der Waals surface area contributed by atoms with Crippen LogP contribution in [0.2, 0.25) is 0 Å². The third-order valence-corrected chi connectivity index (χ3v) is 1.15. The highest BCUT2D eigenvalue weighted by molar-refractivity contribution is 7.54. The van der Waals surface area contributed by atoms with Gasteiger partial charge in [-0.05, 0) is 0 Å². The van der Waals surface area contributed by atoms with Crippen molar-refractivity contribution in [1.29, 1.82) is 0 Å². The normalized spacial score (nSPS) is 11.6. The van der Waals surface area contributed by atoms with Crippen molar-refractivity contribution >= 4 is 23.7 Å². The van der Waals surface area contributed by atoms with E-state index in [0.717, 1.165) is 6.66 Å². The Kier molecular flexibility index (Phi) is 2.66. The lowest BCUT2D eigenvalue weighted by atomic mass is 10.6. The Morgan fingerprint density at radius 1 is 1.43 bits per heavy atom. The van der Waals surface area contributed by atoms with Gasteiger partial charge in [-0.1, -0.05) is 0 Å². The van der Waals surface area contributed by atoms with Gasteiger partial charge in [0.2, 0.25) is 0 Å². The first-order valence-corrected chi connectivity index (χ1v) is 3.46. The van der Waals surface area contributed by atoms with E-state index < -0.39 is 7.60 Å². The first kappa shape index (κ1) is 7.28. The van der Waals surface area contributed by atoms with E-state index in [1.54, 1.807) is 0 Å². The monoisotopic (exact) mass is 116 g/mol. The van der Waals surface area contributed by atoms with Crippen LogP contribution in [-0.4, -0.2) is 22.8 Å². The van der Waals surface area contributed by atoms with E-state index in [2.05, 4.69) is 25.0 Å². The first-order chi connectivity index (χ1) is 3.12. The van der Waals surface area contributed by atoms with Gasteiger partial charge in [-0.15, -0.1) is 0 Å². The van der Waals surface area contributed by atoms with Gasteiger partial charge in [-0.2, -0.15) is 0 Å². The van der Waals surface area contributed by atoms with Crippen molar-refractivity contribution < 1.29 is 13.4 Å². The van der Waals surface area contributed by atoms with Gasteiger partial charge in [0.1, 0.15) is 0 Å². The molecule has 0 aliphatic heterocycles. The van der Waals surface area contributed by atoms with Gasteiger partial charge in [0, 0.05) is 6.66 Å². The van der Waals surface area contributed by atoms with Crippen molar-refractivity contribution in [1.82, 2.24) is 0 Å². The van der Waals surface area contributed by atoms with Crippen molar-refractivity contribution in [2.24, 2.45) is 0 Å². The second-order valence-corrected chi connectivity index (χ2v) is 2.95. The topological polar surface area (TPSA) is 35.5 Å². The highest BCUT2D eigenvalue weighted by Gasteiger charge is 2.07. The first-order valence-electron chi connectivity index (χ1n) is 1.47. The largest absolute Gasteiger partial charge is 0.384 e. The van der Waals surface area contributed by atoms with Gasteiger partial charge in [-0.3, -0.25) is 4.57 Å². The predicted molar refractivity (Wildman–Crippen MR) is 27.2 cm³/mol. The van der Waals surface area contributed by atoms with E-state index in [9.17, 15) is 4.57 Å². The van der Waals surface area contributed by atoms with Gasteiger partial charge >= 0.3 is 0 Å². The van der Waals surface area contributed by atoms with Crippen LogP contribution in [0.3, 0.4) is 0 Å². The van der Waals surface area contributed by atoms with Crippen molar-refractivity contribution in [3.8, 4) is 0 Å². The zero-order valence-corrected chi connectivity index (χ0v) is 4.72. The molecule has 0 fully saturated rings. The molecular weight excluding hydrogens is 113 g/mol. The number of hydrogen-bond donors (Lipinski definition) is 0. The van der Waals surface area contributed by atoms with Gasteiger partial charge in [0.15, 0.2) is 0 Å². The zero-order valence-electron chi connectivity index (χ0n) is 3.83. The molecule has 4 radical (unpaired) electrons. The highest BCUT2D eigenvalue weighted by Crippen LogP contribution is 2.40. The maximum Gasteiger partial charge on any atom is 0.297 e. The minimum Gasteiger partial charge on any atom is -0.384 e. The molecule has 0 N–H and O–H groups in total. The smallest absolute Gasteiger partial charge is 0.297 e. The average Bonchev–Trinajstić information content (AvgIpc) is 1.68. The summed E-state index contributed by atoms with van der Waals surface area (Å²) in [5.74, 6) is 0. The fourth-order valence-corrected chi connectivity index (χ4v) is 0.0745. The molecule has 0 saturated heterocycles. The Morgan fingerprint density at radius 3 is 1.71 bits per heavy atom. The lowest BCUT2D eigenvalue weighted by Crippen LogP contribution is -1.85. The Hall–Kier alpha value is 0.280. The van der Waals surface area contributed by atoms with Crippen LogP contribution in [0.1, 0.15) is 0 Å². The van der Waals surface area contributed by atoms with Gasteiger partial charge in [-0.25, -0.2) is 0 Å². The summed E-state index contributed by atoms with van der Waals surface area (Å²) >= 11 is 0. The van der Waals surface area contributed by atoms with E-state index in [1.807, 2.05) is 0 Å². The second-order valence-electron chi connectivity index (χ2n) is 0.982. The van der Waals surface area contributed by atoms with Crippen molar-refractivity contribution in [3.05, 3.63) is 0 Å². The highest BCUT2D eigenvalue weighted by atomic mass is 31.2. The number of hydrogen-bond acceptors (Lipinski definition) is 3. The lowest BCUT2D eigenvalue weighted by molar-refractivity contribution is 0.422. The molecule has 0 aromatic heterocycles. The molecular formula is CH3B2O3P. The van der Waals surface area contributed by atoms with Crippen LogP contribution in [-0.2, 0) is 13.4 Å². The molecule has 0 aromatic carbocycles. The summed E-state index contributed by atoms with van der Waals surface area (Å²) in [6.45, 7) is 1.16.